The molecule has 4 aromatic rings. The fourth-order valence-corrected chi connectivity index (χ4v) is 5.15. The van der Waals surface area contributed by atoms with Gasteiger partial charge < -0.3 is 4.74 Å². The van der Waals surface area contributed by atoms with E-state index in [1.165, 1.54) is 11.8 Å². The van der Waals surface area contributed by atoms with Gasteiger partial charge in [0, 0.05) is 5.56 Å². The molecule has 3 atom stereocenters. The molecule has 0 N–H and O–H groups in total. The Morgan fingerprint density at radius 3 is 2.05 bits per heavy atom. The molecule has 0 radical (unpaired) electrons. The molecule has 2 aliphatic heterocycles. The van der Waals surface area contributed by atoms with Gasteiger partial charge in [0.05, 0.1) is 17.4 Å². The average Bonchev–Trinajstić information content (AvgIpc) is 3.49. The summed E-state index contributed by atoms with van der Waals surface area (Å²) >= 11 is 0. The van der Waals surface area contributed by atoms with Crippen LogP contribution in [0.4, 0.5) is 11.4 Å². The number of carbonyl (C=O) groups is 3. The Balaban J connectivity index is 1.30. The monoisotopic (exact) mass is 518 g/mol. The summed E-state index contributed by atoms with van der Waals surface area (Å²) in [5, 5.41) is 1.67. The van der Waals surface area contributed by atoms with Gasteiger partial charge in [-0.25, -0.2) is 9.96 Å². The van der Waals surface area contributed by atoms with E-state index in [1.54, 1.807) is 29.3 Å². The number of benzene rings is 4. The highest BCUT2D eigenvalue weighted by Gasteiger charge is 2.60. The number of carbonyl (C=O) groups excluding carboxylic acids is 3. The van der Waals surface area contributed by atoms with Gasteiger partial charge in [-0.2, -0.15) is 0 Å². The van der Waals surface area contributed by atoms with Crippen molar-refractivity contribution >= 4 is 29.0 Å². The Morgan fingerprint density at radius 2 is 1.41 bits per heavy atom. The Bertz CT molecular complexity index is 1500. The number of anilines is 2. The third-order valence-electron chi connectivity index (χ3n) is 7.13. The van der Waals surface area contributed by atoms with Gasteiger partial charge in [-0.3, -0.25) is 19.2 Å². The first-order valence-electron chi connectivity index (χ1n) is 12.8. The van der Waals surface area contributed by atoms with E-state index in [-0.39, 0.29) is 11.7 Å². The van der Waals surface area contributed by atoms with Crippen LogP contribution < -0.4 is 14.7 Å². The second-order valence-electron chi connectivity index (χ2n) is 9.62. The molecule has 0 aliphatic carbocycles. The molecular weight excluding hydrogens is 492 g/mol. The normalized spacial score (nSPS) is 20.3. The van der Waals surface area contributed by atoms with Crippen LogP contribution in [-0.4, -0.2) is 23.7 Å². The van der Waals surface area contributed by atoms with E-state index in [4.69, 9.17) is 9.57 Å². The third kappa shape index (κ3) is 4.57. The van der Waals surface area contributed by atoms with Crippen molar-refractivity contribution in [3.05, 3.63) is 126 Å². The fourth-order valence-electron chi connectivity index (χ4n) is 5.15. The van der Waals surface area contributed by atoms with Crippen molar-refractivity contribution in [2.24, 2.45) is 5.92 Å². The number of fused-ring (bicyclic) bond motifs is 1. The first kappa shape index (κ1) is 24.6. The molecule has 6 rings (SSSR count). The molecule has 194 valence electrons. The maximum absolute atomic E-state index is 13.8. The van der Waals surface area contributed by atoms with E-state index in [2.05, 4.69) is 0 Å². The first-order chi connectivity index (χ1) is 19.0. The van der Waals surface area contributed by atoms with Crippen LogP contribution in [0.1, 0.15) is 34.5 Å². The predicted molar refractivity (Wildman–Crippen MR) is 146 cm³/mol. The zero-order chi connectivity index (χ0) is 26.9. The number of Topliss-reactive ketones (excluding diaryl/α,β-unsaturated/α-hetero) is 1. The molecule has 0 bridgehead atoms. The number of ketones is 1. The van der Waals surface area contributed by atoms with E-state index in [0.717, 1.165) is 16.8 Å². The van der Waals surface area contributed by atoms with E-state index in [0.29, 0.717) is 23.6 Å². The van der Waals surface area contributed by atoms with Gasteiger partial charge in [0.2, 0.25) is 5.91 Å². The summed E-state index contributed by atoms with van der Waals surface area (Å²) in [6, 6.07) is 32.9. The van der Waals surface area contributed by atoms with E-state index in [9.17, 15) is 14.4 Å². The highest BCUT2D eigenvalue weighted by atomic mass is 16.7. The topological polar surface area (TPSA) is 76.2 Å². The quantitative estimate of drug-likeness (QED) is 0.237. The standard InChI is InChI=1S/C32H26N2O5/c1-21(35)23-12-16-25(17-13-23)33-31(36)28-29(34(39-30(28)32(33)37)26-10-6-3-7-11-26)24-14-18-27(19-15-24)38-20-22-8-4-2-5-9-22/h2-19,28-30H,20H2,1H3/t28-,29-,30+/m0/s1. The highest BCUT2D eigenvalue weighted by Crippen LogP contribution is 2.47. The number of ether oxygens (including phenoxy) is 1. The number of hydrogen-bond acceptors (Lipinski definition) is 6. The second-order valence-corrected chi connectivity index (χ2v) is 9.62. The molecule has 7 nitrogen and oxygen atoms in total. The highest BCUT2D eigenvalue weighted by molar-refractivity contribution is 6.24. The predicted octanol–water partition coefficient (Wildman–Crippen LogP) is 5.52. The summed E-state index contributed by atoms with van der Waals surface area (Å²) in [5.74, 6) is -0.901. The fraction of sp³-hybridized carbons (Fsp3) is 0.156. The van der Waals surface area contributed by atoms with Gasteiger partial charge in [-0.1, -0.05) is 60.7 Å². The second kappa shape index (κ2) is 10.2. The number of para-hydroxylation sites is 1. The summed E-state index contributed by atoms with van der Waals surface area (Å²) < 4.78 is 5.95. The maximum Gasteiger partial charge on any atom is 0.266 e. The molecule has 0 spiro atoms. The van der Waals surface area contributed by atoms with Crippen LogP contribution in [0.2, 0.25) is 0 Å². The van der Waals surface area contributed by atoms with Gasteiger partial charge in [0.1, 0.15) is 18.3 Å². The molecule has 2 aliphatic rings. The molecule has 0 aromatic heterocycles. The zero-order valence-corrected chi connectivity index (χ0v) is 21.3. The van der Waals surface area contributed by atoms with Crippen LogP contribution in [0.5, 0.6) is 5.75 Å². The largest absolute Gasteiger partial charge is 0.489 e. The molecule has 2 heterocycles. The summed E-state index contributed by atoms with van der Waals surface area (Å²) in [7, 11) is 0. The summed E-state index contributed by atoms with van der Waals surface area (Å²) in [5.41, 5.74) is 3.57. The van der Waals surface area contributed by atoms with Crippen LogP contribution in [0.3, 0.4) is 0 Å². The molecule has 2 fully saturated rings. The number of amides is 2. The number of hydroxylamine groups is 1. The van der Waals surface area contributed by atoms with Gasteiger partial charge >= 0.3 is 0 Å². The lowest BCUT2D eigenvalue weighted by atomic mass is 9.90. The van der Waals surface area contributed by atoms with Crippen molar-refractivity contribution < 1.29 is 24.0 Å². The molecule has 39 heavy (non-hydrogen) atoms. The third-order valence-corrected chi connectivity index (χ3v) is 7.13. The van der Waals surface area contributed by atoms with Crippen molar-refractivity contribution in [2.45, 2.75) is 25.7 Å². The van der Waals surface area contributed by atoms with Gasteiger partial charge in [-0.15, -0.1) is 0 Å². The van der Waals surface area contributed by atoms with Crippen LogP contribution in [0, 0.1) is 5.92 Å². The Morgan fingerprint density at radius 1 is 0.769 bits per heavy atom. The number of rotatable bonds is 7. The lowest BCUT2D eigenvalue weighted by molar-refractivity contribution is -0.126. The van der Waals surface area contributed by atoms with E-state index in [1.807, 2.05) is 84.9 Å². The van der Waals surface area contributed by atoms with Crippen molar-refractivity contribution in [3.63, 3.8) is 0 Å². The van der Waals surface area contributed by atoms with E-state index >= 15 is 0 Å². The van der Waals surface area contributed by atoms with Crippen LogP contribution in [0.25, 0.3) is 0 Å². The maximum atomic E-state index is 13.8. The van der Waals surface area contributed by atoms with Gasteiger partial charge in [0.25, 0.3) is 5.91 Å². The molecule has 2 amide bonds. The lowest BCUT2D eigenvalue weighted by Crippen LogP contribution is -2.37. The first-order valence-corrected chi connectivity index (χ1v) is 12.8. The van der Waals surface area contributed by atoms with Crippen molar-refractivity contribution in [1.82, 2.24) is 0 Å². The molecule has 4 aromatic carbocycles. The average molecular weight is 519 g/mol. The summed E-state index contributed by atoms with van der Waals surface area (Å²) in [4.78, 5) is 46.4. The van der Waals surface area contributed by atoms with Crippen molar-refractivity contribution in [1.29, 1.82) is 0 Å². The molecular formula is C32H26N2O5. The molecule has 7 heteroatoms. The summed E-state index contributed by atoms with van der Waals surface area (Å²) in [6.45, 7) is 1.91. The van der Waals surface area contributed by atoms with Crippen LogP contribution in [0.15, 0.2) is 109 Å². The minimum Gasteiger partial charge on any atom is -0.489 e. The van der Waals surface area contributed by atoms with Crippen molar-refractivity contribution in [3.8, 4) is 5.75 Å². The van der Waals surface area contributed by atoms with Crippen LogP contribution in [-0.2, 0) is 21.0 Å². The smallest absolute Gasteiger partial charge is 0.266 e. The minimum absolute atomic E-state index is 0.0874. The number of nitrogens with zero attached hydrogens (tertiary/aromatic N) is 2. The Labute approximate surface area is 226 Å². The van der Waals surface area contributed by atoms with Crippen LogP contribution >= 0.6 is 0 Å². The SMILES string of the molecule is CC(=O)c1ccc(N2C(=O)[C@@H]3[C@@H](ON(c4ccccc4)[C@H]3c3ccc(OCc4ccccc4)cc3)C2=O)cc1. The van der Waals surface area contributed by atoms with Gasteiger partial charge in [-0.05, 0) is 66.6 Å². The minimum atomic E-state index is -0.968. The Kier molecular flexibility index (Phi) is 6.42. The number of imide groups is 1. The van der Waals surface area contributed by atoms with E-state index < -0.39 is 24.0 Å². The summed E-state index contributed by atoms with van der Waals surface area (Å²) in [6.07, 6.45) is -0.968. The molecule has 2 saturated heterocycles. The molecule has 0 unspecified atom stereocenters. The zero-order valence-electron chi connectivity index (χ0n) is 21.3. The molecule has 0 saturated carbocycles. The van der Waals surface area contributed by atoms with Gasteiger partial charge in [0.15, 0.2) is 11.9 Å². The number of hydrogen-bond donors (Lipinski definition) is 0. The lowest BCUT2D eigenvalue weighted by Gasteiger charge is -2.29. The Hall–Kier alpha value is -4.75. The van der Waals surface area contributed by atoms with Crippen molar-refractivity contribution in [2.75, 3.05) is 9.96 Å².